The quantitative estimate of drug-likeness (QED) is 0.757. The van der Waals surface area contributed by atoms with Crippen molar-refractivity contribution in [3.05, 3.63) is 0 Å². The highest BCUT2D eigenvalue weighted by atomic mass is 16.3. The molecule has 4 nitrogen and oxygen atoms in total. The van der Waals surface area contributed by atoms with Crippen LogP contribution >= 0.6 is 0 Å². The summed E-state index contributed by atoms with van der Waals surface area (Å²) in [5.74, 6) is 0.237. The molecule has 1 amide bonds. The molecule has 0 aromatic rings. The van der Waals surface area contributed by atoms with E-state index >= 15 is 0 Å². The first-order chi connectivity index (χ1) is 7.70. The predicted molar refractivity (Wildman–Crippen MR) is 62.1 cm³/mol. The van der Waals surface area contributed by atoms with Crippen molar-refractivity contribution in [1.82, 2.24) is 9.80 Å². The number of rotatable bonds is 4. The van der Waals surface area contributed by atoms with Gasteiger partial charge in [-0.2, -0.15) is 0 Å². The molecule has 0 spiro atoms. The van der Waals surface area contributed by atoms with E-state index in [2.05, 4.69) is 11.8 Å². The molecule has 1 heterocycles. The third kappa shape index (κ3) is 2.95. The summed E-state index contributed by atoms with van der Waals surface area (Å²) in [6, 6.07) is 0.657. The molecule has 0 aromatic carbocycles. The molecule has 1 saturated heterocycles. The molecule has 1 saturated carbocycles. The summed E-state index contributed by atoms with van der Waals surface area (Å²) < 4.78 is 0. The van der Waals surface area contributed by atoms with Crippen molar-refractivity contribution in [2.24, 2.45) is 0 Å². The Morgan fingerprint density at radius 1 is 1.31 bits per heavy atom. The molecule has 0 atom stereocenters. The molecule has 4 heteroatoms. The van der Waals surface area contributed by atoms with Gasteiger partial charge < -0.3 is 10.0 Å². The van der Waals surface area contributed by atoms with E-state index in [0.717, 1.165) is 32.5 Å². The minimum Gasteiger partial charge on any atom is -0.393 e. The number of aliphatic hydroxyl groups excluding tert-OH is 1. The fraction of sp³-hybridized carbons (Fsp3) is 0.917. The lowest BCUT2D eigenvalue weighted by Crippen LogP contribution is -2.45. The van der Waals surface area contributed by atoms with Crippen LogP contribution in [0.5, 0.6) is 0 Å². The molecule has 1 aliphatic carbocycles. The summed E-state index contributed by atoms with van der Waals surface area (Å²) in [5.41, 5.74) is 0. The van der Waals surface area contributed by atoms with Crippen LogP contribution in [0, 0.1) is 0 Å². The van der Waals surface area contributed by atoms with Gasteiger partial charge in [0.1, 0.15) is 0 Å². The highest BCUT2D eigenvalue weighted by molar-refractivity contribution is 5.78. The maximum Gasteiger partial charge on any atom is 0.236 e. The third-order valence-corrected chi connectivity index (χ3v) is 3.62. The first-order valence-corrected chi connectivity index (χ1v) is 6.40. The number of hydrogen-bond donors (Lipinski definition) is 1. The van der Waals surface area contributed by atoms with Crippen LogP contribution in [0.15, 0.2) is 0 Å². The van der Waals surface area contributed by atoms with Crippen LogP contribution in [0.1, 0.15) is 32.6 Å². The molecular weight excluding hydrogens is 204 g/mol. The van der Waals surface area contributed by atoms with Crippen molar-refractivity contribution in [2.45, 2.75) is 44.8 Å². The highest BCUT2D eigenvalue weighted by Crippen LogP contribution is 2.26. The van der Waals surface area contributed by atoms with E-state index in [1.165, 1.54) is 12.8 Å². The average Bonchev–Trinajstić information content (AvgIpc) is 3.10. The Morgan fingerprint density at radius 2 is 1.94 bits per heavy atom. The number of carbonyl (C=O) groups is 1. The van der Waals surface area contributed by atoms with Gasteiger partial charge in [0.15, 0.2) is 0 Å². The molecular formula is C12H22N2O2. The topological polar surface area (TPSA) is 43.8 Å². The van der Waals surface area contributed by atoms with Gasteiger partial charge in [-0.25, -0.2) is 0 Å². The van der Waals surface area contributed by atoms with Crippen LogP contribution in [0.2, 0.25) is 0 Å². The third-order valence-electron chi connectivity index (χ3n) is 3.62. The monoisotopic (exact) mass is 226 g/mol. The van der Waals surface area contributed by atoms with E-state index < -0.39 is 0 Å². The Labute approximate surface area is 97.2 Å². The van der Waals surface area contributed by atoms with Crippen LogP contribution in [-0.4, -0.2) is 59.1 Å². The Hall–Kier alpha value is -0.610. The molecule has 92 valence electrons. The molecule has 16 heavy (non-hydrogen) atoms. The number of carbonyl (C=O) groups excluding carboxylic acids is 1. The SMILES string of the molecule is CCN(CC(=O)N1CCC(O)CC1)C1CC1. The Kier molecular flexibility index (Phi) is 3.82. The predicted octanol–water partition coefficient (Wildman–Crippen LogP) is 0.454. The van der Waals surface area contributed by atoms with Crippen molar-refractivity contribution < 1.29 is 9.90 Å². The molecule has 0 radical (unpaired) electrons. The van der Waals surface area contributed by atoms with E-state index in [0.29, 0.717) is 12.6 Å². The van der Waals surface area contributed by atoms with Crippen molar-refractivity contribution in [3.63, 3.8) is 0 Å². The maximum atomic E-state index is 12.0. The van der Waals surface area contributed by atoms with Gasteiger partial charge in [0.05, 0.1) is 12.6 Å². The van der Waals surface area contributed by atoms with Crippen LogP contribution in [0.4, 0.5) is 0 Å². The molecule has 1 aliphatic heterocycles. The van der Waals surface area contributed by atoms with Crippen LogP contribution < -0.4 is 0 Å². The van der Waals surface area contributed by atoms with E-state index in [1.54, 1.807) is 0 Å². The van der Waals surface area contributed by atoms with Crippen molar-refractivity contribution in [1.29, 1.82) is 0 Å². The summed E-state index contributed by atoms with van der Waals surface area (Å²) in [6.07, 6.45) is 3.78. The largest absolute Gasteiger partial charge is 0.393 e. The van der Waals surface area contributed by atoms with Gasteiger partial charge in [-0.3, -0.25) is 9.69 Å². The first kappa shape index (κ1) is 11.9. The maximum absolute atomic E-state index is 12.0. The van der Waals surface area contributed by atoms with Gasteiger partial charge in [-0.15, -0.1) is 0 Å². The van der Waals surface area contributed by atoms with Crippen LogP contribution in [-0.2, 0) is 4.79 Å². The van der Waals surface area contributed by atoms with Crippen LogP contribution in [0.3, 0.4) is 0 Å². The van der Waals surface area contributed by atoms with Gasteiger partial charge in [0, 0.05) is 19.1 Å². The average molecular weight is 226 g/mol. The van der Waals surface area contributed by atoms with Crippen LogP contribution in [0.25, 0.3) is 0 Å². The second-order valence-electron chi connectivity index (χ2n) is 4.91. The zero-order valence-corrected chi connectivity index (χ0v) is 10.1. The molecule has 0 unspecified atom stereocenters. The zero-order valence-electron chi connectivity index (χ0n) is 10.1. The molecule has 2 fully saturated rings. The summed E-state index contributed by atoms with van der Waals surface area (Å²) in [4.78, 5) is 16.2. The van der Waals surface area contributed by atoms with Gasteiger partial charge in [0.25, 0.3) is 0 Å². The van der Waals surface area contributed by atoms with Gasteiger partial charge in [-0.05, 0) is 32.2 Å². The Balaban J connectivity index is 1.78. The normalized spacial score (nSPS) is 22.8. The zero-order chi connectivity index (χ0) is 11.5. The number of likely N-dealkylation sites (tertiary alicyclic amines) is 1. The smallest absolute Gasteiger partial charge is 0.236 e. The summed E-state index contributed by atoms with van der Waals surface area (Å²) >= 11 is 0. The Bertz CT molecular complexity index is 245. The lowest BCUT2D eigenvalue weighted by Gasteiger charge is -2.31. The van der Waals surface area contributed by atoms with E-state index in [-0.39, 0.29) is 12.0 Å². The van der Waals surface area contributed by atoms with Crippen molar-refractivity contribution in [2.75, 3.05) is 26.2 Å². The second-order valence-corrected chi connectivity index (χ2v) is 4.91. The van der Waals surface area contributed by atoms with Crippen molar-refractivity contribution in [3.8, 4) is 0 Å². The number of nitrogens with zero attached hydrogens (tertiary/aromatic N) is 2. The van der Waals surface area contributed by atoms with Gasteiger partial charge in [-0.1, -0.05) is 6.92 Å². The second kappa shape index (κ2) is 5.15. The molecule has 1 N–H and O–H groups in total. The lowest BCUT2D eigenvalue weighted by molar-refractivity contribution is -0.134. The number of aliphatic hydroxyl groups is 1. The highest BCUT2D eigenvalue weighted by Gasteiger charge is 2.30. The number of likely N-dealkylation sites (N-methyl/N-ethyl adjacent to an activating group) is 1. The number of amides is 1. The number of piperidine rings is 1. The standard InChI is InChI=1S/C12H22N2O2/c1-2-13(10-3-4-10)9-12(16)14-7-5-11(15)6-8-14/h10-11,15H,2-9H2,1H3. The number of hydrogen-bond acceptors (Lipinski definition) is 3. The molecule has 2 aliphatic rings. The van der Waals surface area contributed by atoms with E-state index in [9.17, 15) is 9.90 Å². The van der Waals surface area contributed by atoms with Crippen molar-refractivity contribution >= 4 is 5.91 Å². The summed E-state index contributed by atoms with van der Waals surface area (Å²) in [5, 5.41) is 9.39. The van der Waals surface area contributed by atoms with E-state index in [4.69, 9.17) is 0 Å². The first-order valence-electron chi connectivity index (χ1n) is 6.40. The van der Waals surface area contributed by atoms with Gasteiger partial charge in [0.2, 0.25) is 5.91 Å². The Morgan fingerprint density at radius 3 is 2.44 bits per heavy atom. The fourth-order valence-corrected chi connectivity index (χ4v) is 2.33. The minimum atomic E-state index is -0.199. The summed E-state index contributed by atoms with van der Waals surface area (Å²) in [7, 11) is 0. The fourth-order valence-electron chi connectivity index (χ4n) is 2.33. The van der Waals surface area contributed by atoms with Gasteiger partial charge >= 0.3 is 0 Å². The molecule has 0 aromatic heterocycles. The lowest BCUT2D eigenvalue weighted by atomic mass is 10.1. The van der Waals surface area contributed by atoms with E-state index in [1.807, 2.05) is 4.90 Å². The minimum absolute atomic E-state index is 0.199. The molecule has 2 rings (SSSR count). The molecule has 0 bridgehead atoms. The summed E-state index contributed by atoms with van der Waals surface area (Å²) in [6.45, 7) is 5.10.